The first kappa shape index (κ1) is 13.7. The third-order valence-corrected chi connectivity index (χ3v) is 2.73. The molecule has 0 aliphatic carbocycles. The quantitative estimate of drug-likeness (QED) is 0.630. The maximum absolute atomic E-state index is 12.0. The fourth-order valence-corrected chi connectivity index (χ4v) is 1.77. The molecule has 1 amide bonds. The van der Waals surface area contributed by atoms with E-state index in [1.54, 1.807) is 32.2 Å². The highest BCUT2D eigenvalue weighted by Gasteiger charge is 2.17. The van der Waals surface area contributed by atoms with E-state index in [0.29, 0.717) is 11.3 Å². The second kappa shape index (κ2) is 5.52. The lowest BCUT2D eigenvalue weighted by molar-refractivity contribution is -0.384. The SMILES string of the molecule is Cc1cc(C(=O)N(C)Cc2cccc([N+](=O)[O-])c2)on1. The number of benzene rings is 1. The summed E-state index contributed by atoms with van der Waals surface area (Å²) < 4.78 is 4.90. The molecule has 0 bridgehead atoms. The Morgan fingerprint density at radius 1 is 1.45 bits per heavy atom. The van der Waals surface area contributed by atoms with Crippen molar-refractivity contribution in [3.63, 3.8) is 0 Å². The summed E-state index contributed by atoms with van der Waals surface area (Å²) in [5.74, 6) is -0.174. The smallest absolute Gasteiger partial charge is 0.292 e. The average Bonchev–Trinajstić information content (AvgIpc) is 2.84. The molecule has 1 heterocycles. The van der Waals surface area contributed by atoms with Gasteiger partial charge in [0.05, 0.1) is 10.6 Å². The molecule has 20 heavy (non-hydrogen) atoms. The summed E-state index contributed by atoms with van der Waals surface area (Å²) in [5.41, 5.74) is 1.29. The van der Waals surface area contributed by atoms with Crippen LogP contribution in [0.3, 0.4) is 0 Å². The Morgan fingerprint density at radius 3 is 2.80 bits per heavy atom. The van der Waals surface area contributed by atoms with Gasteiger partial charge in [-0.1, -0.05) is 17.3 Å². The summed E-state index contributed by atoms with van der Waals surface area (Å²) in [7, 11) is 1.60. The first-order chi connectivity index (χ1) is 9.47. The number of nitro groups is 1. The third-order valence-electron chi connectivity index (χ3n) is 2.73. The number of rotatable bonds is 4. The summed E-state index contributed by atoms with van der Waals surface area (Å²) in [6, 6.07) is 7.71. The van der Waals surface area contributed by atoms with Gasteiger partial charge in [-0.3, -0.25) is 14.9 Å². The number of hydrogen-bond acceptors (Lipinski definition) is 5. The highest BCUT2D eigenvalue weighted by atomic mass is 16.6. The monoisotopic (exact) mass is 275 g/mol. The van der Waals surface area contributed by atoms with Gasteiger partial charge in [-0.05, 0) is 12.5 Å². The maximum Gasteiger partial charge on any atom is 0.292 e. The van der Waals surface area contributed by atoms with Crippen LogP contribution in [-0.2, 0) is 6.54 Å². The number of hydrogen-bond donors (Lipinski definition) is 0. The molecule has 1 aromatic heterocycles. The highest BCUT2D eigenvalue weighted by Crippen LogP contribution is 2.15. The molecule has 1 aromatic carbocycles. The van der Waals surface area contributed by atoms with Crippen molar-refractivity contribution in [3.8, 4) is 0 Å². The van der Waals surface area contributed by atoms with E-state index in [2.05, 4.69) is 5.16 Å². The van der Waals surface area contributed by atoms with Crippen LogP contribution in [0.5, 0.6) is 0 Å². The average molecular weight is 275 g/mol. The summed E-state index contributed by atoms with van der Waals surface area (Å²) in [4.78, 5) is 23.7. The van der Waals surface area contributed by atoms with Crippen molar-refractivity contribution in [2.45, 2.75) is 13.5 Å². The Kier molecular flexibility index (Phi) is 3.79. The van der Waals surface area contributed by atoms with Gasteiger partial charge in [0.1, 0.15) is 0 Å². The topological polar surface area (TPSA) is 89.5 Å². The molecule has 7 nitrogen and oxygen atoms in total. The fourth-order valence-electron chi connectivity index (χ4n) is 1.77. The Hall–Kier alpha value is -2.70. The zero-order valence-corrected chi connectivity index (χ0v) is 11.1. The molecule has 0 aliphatic rings. The molecule has 0 saturated carbocycles. The Bertz CT molecular complexity index is 651. The van der Waals surface area contributed by atoms with Crippen LogP contribution in [0.15, 0.2) is 34.9 Å². The highest BCUT2D eigenvalue weighted by molar-refractivity contribution is 5.91. The van der Waals surface area contributed by atoms with Crippen molar-refractivity contribution in [1.29, 1.82) is 0 Å². The number of nitrogens with zero attached hydrogens (tertiary/aromatic N) is 3. The van der Waals surface area contributed by atoms with Crippen molar-refractivity contribution in [1.82, 2.24) is 10.1 Å². The molecule has 0 saturated heterocycles. The maximum atomic E-state index is 12.0. The Balaban J connectivity index is 2.11. The third kappa shape index (κ3) is 3.00. The molecule has 2 aromatic rings. The van der Waals surface area contributed by atoms with Gasteiger partial charge >= 0.3 is 0 Å². The van der Waals surface area contributed by atoms with Crippen molar-refractivity contribution in [3.05, 3.63) is 57.5 Å². The molecule has 0 atom stereocenters. The molecule has 0 unspecified atom stereocenters. The van der Waals surface area contributed by atoms with Crippen molar-refractivity contribution in [2.75, 3.05) is 7.05 Å². The lowest BCUT2D eigenvalue weighted by Crippen LogP contribution is -2.25. The van der Waals surface area contributed by atoms with E-state index in [1.807, 2.05) is 0 Å². The second-order valence-electron chi connectivity index (χ2n) is 4.42. The predicted octanol–water partition coefficient (Wildman–Crippen LogP) is 2.16. The van der Waals surface area contributed by atoms with Crippen LogP contribution in [0.4, 0.5) is 5.69 Å². The van der Waals surface area contributed by atoms with E-state index in [-0.39, 0.29) is 23.9 Å². The van der Waals surface area contributed by atoms with E-state index < -0.39 is 4.92 Å². The predicted molar refractivity (Wildman–Crippen MR) is 70.1 cm³/mol. The van der Waals surface area contributed by atoms with Gasteiger partial charge in [0, 0.05) is 31.8 Å². The Labute approximate surface area is 114 Å². The number of nitro benzene ring substituents is 1. The molecule has 2 rings (SSSR count). The largest absolute Gasteiger partial charge is 0.351 e. The first-order valence-electron chi connectivity index (χ1n) is 5.89. The lowest BCUT2D eigenvalue weighted by Gasteiger charge is -2.15. The van der Waals surface area contributed by atoms with Gasteiger partial charge in [-0.25, -0.2) is 0 Å². The molecular formula is C13H13N3O4. The van der Waals surface area contributed by atoms with E-state index in [1.165, 1.54) is 17.0 Å². The minimum atomic E-state index is -0.467. The fraction of sp³-hybridized carbons (Fsp3) is 0.231. The van der Waals surface area contributed by atoms with E-state index in [4.69, 9.17) is 4.52 Å². The second-order valence-corrected chi connectivity index (χ2v) is 4.42. The summed E-state index contributed by atoms with van der Waals surface area (Å²) >= 11 is 0. The number of carbonyl (C=O) groups is 1. The molecule has 0 N–H and O–H groups in total. The van der Waals surface area contributed by atoms with E-state index in [0.717, 1.165) is 0 Å². The number of non-ortho nitro benzene ring substituents is 1. The lowest BCUT2D eigenvalue weighted by atomic mass is 10.2. The zero-order valence-electron chi connectivity index (χ0n) is 11.1. The van der Waals surface area contributed by atoms with Crippen LogP contribution < -0.4 is 0 Å². The van der Waals surface area contributed by atoms with Crippen LogP contribution in [0.2, 0.25) is 0 Å². The molecule has 0 radical (unpaired) electrons. The Morgan fingerprint density at radius 2 is 2.20 bits per heavy atom. The number of amides is 1. The van der Waals surface area contributed by atoms with Gasteiger partial charge in [0.2, 0.25) is 5.76 Å². The normalized spacial score (nSPS) is 10.3. The van der Waals surface area contributed by atoms with Crippen molar-refractivity contribution < 1.29 is 14.2 Å². The molecule has 0 spiro atoms. The van der Waals surface area contributed by atoms with Crippen LogP contribution >= 0.6 is 0 Å². The van der Waals surface area contributed by atoms with E-state index >= 15 is 0 Å². The van der Waals surface area contributed by atoms with Gasteiger partial charge in [0.25, 0.3) is 11.6 Å². The number of carbonyl (C=O) groups excluding carboxylic acids is 1. The first-order valence-corrected chi connectivity index (χ1v) is 5.89. The van der Waals surface area contributed by atoms with Gasteiger partial charge in [0.15, 0.2) is 0 Å². The molecule has 0 aliphatic heterocycles. The van der Waals surface area contributed by atoms with Crippen LogP contribution in [0.25, 0.3) is 0 Å². The van der Waals surface area contributed by atoms with Gasteiger partial charge in [-0.15, -0.1) is 0 Å². The van der Waals surface area contributed by atoms with Crippen LogP contribution in [-0.4, -0.2) is 27.9 Å². The van der Waals surface area contributed by atoms with Crippen LogP contribution in [0.1, 0.15) is 21.8 Å². The zero-order chi connectivity index (χ0) is 14.7. The van der Waals surface area contributed by atoms with E-state index in [9.17, 15) is 14.9 Å². The van der Waals surface area contributed by atoms with Gasteiger partial charge < -0.3 is 9.42 Å². The van der Waals surface area contributed by atoms with Crippen LogP contribution in [0, 0.1) is 17.0 Å². The minimum absolute atomic E-state index is 0.00106. The molecule has 104 valence electrons. The van der Waals surface area contributed by atoms with Crippen molar-refractivity contribution >= 4 is 11.6 Å². The van der Waals surface area contributed by atoms with Crippen molar-refractivity contribution in [2.24, 2.45) is 0 Å². The summed E-state index contributed by atoms with van der Waals surface area (Å²) in [6.07, 6.45) is 0. The molecular weight excluding hydrogens is 262 g/mol. The standard InChI is InChI=1S/C13H13N3O4/c1-9-6-12(20-14-9)13(17)15(2)8-10-4-3-5-11(7-10)16(18)19/h3-7H,8H2,1-2H3. The molecule has 0 fully saturated rings. The van der Waals surface area contributed by atoms with Gasteiger partial charge in [-0.2, -0.15) is 0 Å². The number of aromatic nitrogens is 1. The minimum Gasteiger partial charge on any atom is -0.351 e. The summed E-state index contributed by atoms with van der Waals surface area (Å²) in [6.45, 7) is 1.97. The number of aryl methyl sites for hydroxylation is 1. The summed E-state index contributed by atoms with van der Waals surface area (Å²) in [5, 5.41) is 14.4. The molecule has 7 heteroatoms.